The molecule has 5 nitrogen and oxygen atoms in total. The lowest BCUT2D eigenvalue weighted by molar-refractivity contribution is -0.116. The van der Waals surface area contributed by atoms with Crippen LogP contribution < -0.4 is 9.47 Å². The smallest absolute Gasteiger partial charge is 0.188 e. The van der Waals surface area contributed by atoms with E-state index in [-0.39, 0.29) is 18.3 Å². The predicted octanol–water partition coefficient (Wildman–Crippen LogP) is 2.21. The summed E-state index contributed by atoms with van der Waals surface area (Å²) in [5.74, 6) is 1.18. The molecule has 5 heteroatoms. The van der Waals surface area contributed by atoms with Crippen LogP contribution in [0, 0.1) is 6.92 Å². The van der Waals surface area contributed by atoms with Crippen LogP contribution in [-0.4, -0.2) is 31.9 Å². The molecule has 0 aromatic heterocycles. The molecule has 0 aliphatic heterocycles. The number of carbonyl (C=O) groups is 1. The Balaban J connectivity index is 3.10. The maximum atomic E-state index is 11.1. The van der Waals surface area contributed by atoms with Crippen molar-refractivity contribution >= 4 is 5.78 Å². The van der Waals surface area contributed by atoms with Crippen LogP contribution in [0.1, 0.15) is 24.5 Å². The number of benzene rings is 1. The Morgan fingerprint density at radius 3 is 2.58 bits per heavy atom. The van der Waals surface area contributed by atoms with Crippen LogP contribution in [0.4, 0.5) is 0 Å². The van der Waals surface area contributed by atoms with Crippen molar-refractivity contribution in [2.24, 2.45) is 0 Å². The van der Waals surface area contributed by atoms with Gasteiger partial charge in [-0.1, -0.05) is 0 Å². The van der Waals surface area contributed by atoms with E-state index in [1.54, 1.807) is 0 Å². The van der Waals surface area contributed by atoms with Crippen LogP contribution in [0.25, 0.3) is 0 Å². The topological polar surface area (TPSA) is 65.0 Å². The zero-order chi connectivity index (χ0) is 14.4. The van der Waals surface area contributed by atoms with Crippen molar-refractivity contribution in [3.8, 4) is 17.2 Å². The SMILES string of the molecule is COCOc1cc(O)c(CCC(C)=O)c(OC)c1C. The first-order valence-electron chi connectivity index (χ1n) is 6.01. The molecule has 1 aromatic carbocycles. The summed E-state index contributed by atoms with van der Waals surface area (Å²) in [5, 5.41) is 10.0. The van der Waals surface area contributed by atoms with Crippen LogP contribution in [0.3, 0.4) is 0 Å². The van der Waals surface area contributed by atoms with E-state index in [9.17, 15) is 9.90 Å². The Bertz CT molecular complexity index is 454. The molecule has 0 saturated heterocycles. The van der Waals surface area contributed by atoms with Gasteiger partial charge in [-0.2, -0.15) is 0 Å². The van der Waals surface area contributed by atoms with Crippen LogP contribution in [-0.2, 0) is 16.0 Å². The molecular weight excluding hydrogens is 248 g/mol. The van der Waals surface area contributed by atoms with Crippen LogP contribution in [0.2, 0.25) is 0 Å². The first kappa shape index (κ1) is 15.3. The molecule has 0 unspecified atom stereocenters. The summed E-state index contributed by atoms with van der Waals surface area (Å²) in [6.07, 6.45) is 0.803. The summed E-state index contributed by atoms with van der Waals surface area (Å²) in [4.78, 5) is 11.1. The minimum Gasteiger partial charge on any atom is -0.507 e. The summed E-state index contributed by atoms with van der Waals surface area (Å²) < 4.78 is 15.5. The molecule has 106 valence electrons. The molecule has 0 bridgehead atoms. The van der Waals surface area contributed by atoms with Gasteiger partial charge in [0.25, 0.3) is 0 Å². The average Bonchev–Trinajstić information content (AvgIpc) is 2.37. The molecular formula is C14H20O5. The van der Waals surface area contributed by atoms with Gasteiger partial charge in [-0.3, -0.25) is 0 Å². The first-order chi connectivity index (χ1) is 9.01. The fourth-order valence-corrected chi connectivity index (χ4v) is 1.87. The highest BCUT2D eigenvalue weighted by Gasteiger charge is 2.17. The van der Waals surface area contributed by atoms with Gasteiger partial charge in [-0.05, 0) is 20.3 Å². The lowest BCUT2D eigenvalue weighted by Gasteiger charge is -2.17. The fourth-order valence-electron chi connectivity index (χ4n) is 1.87. The summed E-state index contributed by atoms with van der Waals surface area (Å²) >= 11 is 0. The number of ether oxygens (including phenoxy) is 3. The van der Waals surface area contributed by atoms with E-state index in [0.717, 1.165) is 5.56 Å². The van der Waals surface area contributed by atoms with E-state index < -0.39 is 0 Å². The molecule has 0 atom stereocenters. The van der Waals surface area contributed by atoms with E-state index in [2.05, 4.69) is 0 Å². The van der Waals surface area contributed by atoms with Gasteiger partial charge in [0.05, 0.1) is 7.11 Å². The molecule has 0 amide bonds. The van der Waals surface area contributed by atoms with Crippen molar-refractivity contribution in [2.45, 2.75) is 26.7 Å². The molecule has 0 heterocycles. The minimum absolute atomic E-state index is 0.0646. The Hall–Kier alpha value is -1.75. The Kier molecular flexibility index (Phi) is 5.63. The molecule has 0 saturated carbocycles. The predicted molar refractivity (Wildman–Crippen MR) is 70.9 cm³/mol. The quantitative estimate of drug-likeness (QED) is 0.768. The van der Waals surface area contributed by atoms with E-state index in [1.807, 2.05) is 6.92 Å². The van der Waals surface area contributed by atoms with Gasteiger partial charge in [0.1, 0.15) is 23.0 Å². The third-order valence-electron chi connectivity index (χ3n) is 2.82. The molecule has 0 aliphatic carbocycles. The summed E-state index contributed by atoms with van der Waals surface area (Å²) in [6, 6.07) is 1.52. The zero-order valence-corrected chi connectivity index (χ0v) is 11.8. The summed E-state index contributed by atoms with van der Waals surface area (Å²) in [7, 11) is 3.05. The Morgan fingerprint density at radius 2 is 2.05 bits per heavy atom. The number of hydrogen-bond donors (Lipinski definition) is 1. The van der Waals surface area contributed by atoms with Gasteiger partial charge in [0, 0.05) is 30.7 Å². The Labute approximate surface area is 113 Å². The highest BCUT2D eigenvalue weighted by molar-refractivity contribution is 5.76. The number of rotatable bonds is 7. The number of hydrogen-bond acceptors (Lipinski definition) is 5. The second-order valence-corrected chi connectivity index (χ2v) is 4.28. The van der Waals surface area contributed by atoms with E-state index in [4.69, 9.17) is 14.2 Å². The minimum atomic E-state index is 0.0646. The number of methoxy groups -OCH3 is 2. The Morgan fingerprint density at radius 1 is 1.37 bits per heavy atom. The molecule has 0 spiro atoms. The van der Waals surface area contributed by atoms with Crippen LogP contribution >= 0.6 is 0 Å². The normalized spacial score (nSPS) is 10.3. The van der Waals surface area contributed by atoms with Crippen molar-refractivity contribution in [3.05, 3.63) is 17.2 Å². The van der Waals surface area contributed by atoms with Crippen molar-refractivity contribution in [1.29, 1.82) is 0 Å². The maximum Gasteiger partial charge on any atom is 0.188 e. The van der Waals surface area contributed by atoms with Gasteiger partial charge >= 0.3 is 0 Å². The van der Waals surface area contributed by atoms with Crippen LogP contribution in [0.5, 0.6) is 17.2 Å². The lowest BCUT2D eigenvalue weighted by atomic mass is 10.0. The van der Waals surface area contributed by atoms with E-state index in [1.165, 1.54) is 27.2 Å². The third-order valence-corrected chi connectivity index (χ3v) is 2.82. The zero-order valence-electron chi connectivity index (χ0n) is 11.8. The average molecular weight is 268 g/mol. The molecule has 19 heavy (non-hydrogen) atoms. The lowest BCUT2D eigenvalue weighted by Crippen LogP contribution is -2.04. The molecule has 1 rings (SSSR count). The summed E-state index contributed by atoms with van der Waals surface area (Å²) in [6.45, 7) is 3.45. The van der Waals surface area contributed by atoms with E-state index >= 15 is 0 Å². The number of phenols is 1. The third kappa shape index (κ3) is 3.86. The number of carbonyl (C=O) groups excluding carboxylic acids is 1. The molecule has 0 radical (unpaired) electrons. The van der Waals surface area contributed by atoms with Crippen molar-refractivity contribution in [3.63, 3.8) is 0 Å². The van der Waals surface area contributed by atoms with Crippen LogP contribution in [0.15, 0.2) is 6.07 Å². The number of phenolic OH excluding ortho intramolecular Hbond substituents is 1. The second kappa shape index (κ2) is 6.99. The fraction of sp³-hybridized carbons (Fsp3) is 0.500. The van der Waals surface area contributed by atoms with Gasteiger partial charge in [0.15, 0.2) is 6.79 Å². The van der Waals surface area contributed by atoms with Gasteiger partial charge in [-0.15, -0.1) is 0 Å². The van der Waals surface area contributed by atoms with Crippen molar-refractivity contribution in [1.82, 2.24) is 0 Å². The first-order valence-corrected chi connectivity index (χ1v) is 6.01. The number of ketones is 1. The van der Waals surface area contributed by atoms with Gasteiger partial charge in [0.2, 0.25) is 0 Å². The van der Waals surface area contributed by atoms with Crippen molar-refractivity contribution in [2.75, 3.05) is 21.0 Å². The van der Waals surface area contributed by atoms with Crippen molar-refractivity contribution < 1.29 is 24.1 Å². The highest BCUT2D eigenvalue weighted by Crippen LogP contribution is 2.38. The molecule has 0 fully saturated rings. The maximum absolute atomic E-state index is 11.1. The van der Waals surface area contributed by atoms with Gasteiger partial charge < -0.3 is 24.1 Å². The summed E-state index contributed by atoms with van der Waals surface area (Å²) in [5.41, 5.74) is 1.40. The standard InChI is InChI=1S/C14H20O5/c1-9(15)5-6-11-12(16)7-13(19-8-17-3)10(2)14(11)18-4/h7,16H,5-6,8H2,1-4H3. The molecule has 0 aliphatic rings. The molecule has 1 N–H and O–H groups in total. The monoisotopic (exact) mass is 268 g/mol. The highest BCUT2D eigenvalue weighted by atomic mass is 16.7. The van der Waals surface area contributed by atoms with Gasteiger partial charge in [-0.25, -0.2) is 0 Å². The second-order valence-electron chi connectivity index (χ2n) is 4.28. The number of aromatic hydroxyl groups is 1. The largest absolute Gasteiger partial charge is 0.507 e. The van der Waals surface area contributed by atoms with E-state index in [0.29, 0.717) is 29.9 Å². The number of Topliss-reactive ketones (excluding diaryl/α,β-unsaturated/α-hetero) is 1. The molecule has 1 aromatic rings.